The molecule has 0 aromatic heterocycles. The maximum absolute atomic E-state index is 10.8. The fraction of sp³-hybridized carbons (Fsp3) is 0.500. The van der Waals surface area contributed by atoms with Crippen LogP contribution in [0.5, 0.6) is 0 Å². The van der Waals surface area contributed by atoms with Crippen LogP contribution < -0.4 is 5.32 Å². The molecular formula is C12H18N2O3. The van der Waals surface area contributed by atoms with Crippen LogP contribution in [0.3, 0.4) is 0 Å². The number of aliphatic hydroxyl groups is 1. The van der Waals surface area contributed by atoms with Crippen molar-refractivity contribution in [2.45, 2.75) is 32.9 Å². The molecule has 0 bridgehead atoms. The summed E-state index contributed by atoms with van der Waals surface area (Å²) in [6.45, 7) is 5.78. The standard InChI is InChI=1S/C12H18N2O3/c1-8-4-5-11(6-12(8)14(16)17)10(3)13-7-9(2)15/h4-6,9-10,13,15H,7H2,1-3H3. The van der Waals surface area contributed by atoms with Crippen LogP contribution in [0.1, 0.15) is 31.0 Å². The van der Waals surface area contributed by atoms with Gasteiger partial charge < -0.3 is 10.4 Å². The first kappa shape index (κ1) is 13.6. The van der Waals surface area contributed by atoms with Crippen molar-refractivity contribution in [1.82, 2.24) is 5.32 Å². The molecule has 0 spiro atoms. The van der Waals surface area contributed by atoms with E-state index in [1.807, 2.05) is 13.0 Å². The van der Waals surface area contributed by atoms with E-state index in [9.17, 15) is 10.1 Å². The lowest BCUT2D eigenvalue weighted by Crippen LogP contribution is -2.27. The maximum Gasteiger partial charge on any atom is 0.272 e. The van der Waals surface area contributed by atoms with Gasteiger partial charge in [-0.2, -0.15) is 0 Å². The van der Waals surface area contributed by atoms with E-state index in [0.29, 0.717) is 12.1 Å². The average molecular weight is 238 g/mol. The Bertz CT molecular complexity index is 405. The van der Waals surface area contributed by atoms with Gasteiger partial charge in [0.25, 0.3) is 5.69 Å². The zero-order valence-electron chi connectivity index (χ0n) is 10.3. The molecular weight excluding hydrogens is 220 g/mol. The highest BCUT2D eigenvalue weighted by molar-refractivity contribution is 5.43. The van der Waals surface area contributed by atoms with Crippen LogP contribution in [0.2, 0.25) is 0 Å². The lowest BCUT2D eigenvalue weighted by atomic mass is 10.0. The third kappa shape index (κ3) is 3.80. The number of hydrogen-bond acceptors (Lipinski definition) is 4. The number of nitro benzene ring substituents is 1. The minimum absolute atomic E-state index is 0.0242. The number of rotatable bonds is 5. The van der Waals surface area contributed by atoms with Crippen LogP contribution in [0, 0.1) is 17.0 Å². The molecule has 1 aromatic rings. The van der Waals surface area contributed by atoms with Crippen LogP contribution in [-0.2, 0) is 0 Å². The van der Waals surface area contributed by atoms with Gasteiger partial charge in [0.15, 0.2) is 0 Å². The van der Waals surface area contributed by atoms with Gasteiger partial charge in [-0.1, -0.05) is 12.1 Å². The quantitative estimate of drug-likeness (QED) is 0.607. The van der Waals surface area contributed by atoms with Crippen molar-refractivity contribution in [2.75, 3.05) is 6.54 Å². The Labute approximate surface area is 101 Å². The first-order valence-corrected chi connectivity index (χ1v) is 5.58. The molecule has 5 nitrogen and oxygen atoms in total. The smallest absolute Gasteiger partial charge is 0.272 e. The summed E-state index contributed by atoms with van der Waals surface area (Å²) in [6, 6.07) is 5.16. The molecule has 0 aliphatic carbocycles. The molecule has 94 valence electrons. The van der Waals surface area contributed by atoms with Crippen LogP contribution >= 0.6 is 0 Å². The summed E-state index contributed by atoms with van der Waals surface area (Å²) in [5, 5.41) is 23.1. The topological polar surface area (TPSA) is 75.4 Å². The second-order valence-corrected chi connectivity index (χ2v) is 4.28. The Kier molecular flexibility index (Phi) is 4.60. The summed E-state index contributed by atoms with van der Waals surface area (Å²) in [6.07, 6.45) is -0.433. The zero-order valence-corrected chi connectivity index (χ0v) is 10.3. The van der Waals surface area contributed by atoms with Crippen molar-refractivity contribution in [3.8, 4) is 0 Å². The van der Waals surface area contributed by atoms with E-state index >= 15 is 0 Å². The molecule has 17 heavy (non-hydrogen) atoms. The predicted molar refractivity (Wildman–Crippen MR) is 65.9 cm³/mol. The van der Waals surface area contributed by atoms with Crippen LogP contribution in [-0.4, -0.2) is 22.7 Å². The first-order valence-electron chi connectivity index (χ1n) is 5.58. The monoisotopic (exact) mass is 238 g/mol. The van der Waals surface area contributed by atoms with Crippen molar-refractivity contribution in [3.63, 3.8) is 0 Å². The van der Waals surface area contributed by atoms with Crippen molar-refractivity contribution in [2.24, 2.45) is 0 Å². The SMILES string of the molecule is Cc1ccc(C(C)NCC(C)O)cc1[N+](=O)[O-]. The van der Waals surface area contributed by atoms with E-state index in [1.165, 1.54) is 0 Å². The van der Waals surface area contributed by atoms with Gasteiger partial charge >= 0.3 is 0 Å². The normalized spacial score (nSPS) is 14.4. The number of benzene rings is 1. The third-order valence-electron chi connectivity index (χ3n) is 2.65. The van der Waals surface area contributed by atoms with Crippen LogP contribution in [0.15, 0.2) is 18.2 Å². The molecule has 2 unspecified atom stereocenters. The summed E-state index contributed by atoms with van der Waals surface area (Å²) in [5.74, 6) is 0. The van der Waals surface area contributed by atoms with Gasteiger partial charge in [0.1, 0.15) is 0 Å². The van der Waals surface area contributed by atoms with Crippen molar-refractivity contribution >= 4 is 5.69 Å². The van der Waals surface area contributed by atoms with E-state index in [4.69, 9.17) is 5.11 Å². The van der Waals surface area contributed by atoms with Crippen molar-refractivity contribution in [1.29, 1.82) is 0 Å². The van der Waals surface area contributed by atoms with Gasteiger partial charge in [0.05, 0.1) is 11.0 Å². The molecule has 0 saturated carbocycles. The number of nitro groups is 1. The van der Waals surface area contributed by atoms with Gasteiger partial charge in [-0.15, -0.1) is 0 Å². The molecule has 0 aliphatic rings. The fourth-order valence-corrected chi connectivity index (χ4v) is 1.56. The predicted octanol–water partition coefficient (Wildman–Crippen LogP) is 1.93. The second kappa shape index (κ2) is 5.75. The molecule has 1 aromatic carbocycles. The molecule has 0 aliphatic heterocycles. The Balaban J connectivity index is 2.84. The zero-order chi connectivity index (χ0) is 13.0. The highest BCUT2D eigenvalue weighted by Gasteiger charge is 2.14. The van der Waals surface area contributed by atoms with E-state index in [1.54, 1.807) is 26.0 Å². The molecule has 0 fully saturated rings. The largest absolute Gasteiger partial charge is 0.392 e. The number of nitrogens with one attached hydrogen (secondary N) is 1. The van der Waals surface area contributed by atoms with E-state index in [0.717, 1.165) is 5.56 Å². The van der Waals surface area contributed by atoms with Gasteiger partial charge in [0.2, 0.25) is 0 Å². The molecule has 0 saturated heterocycles. The maximum atomic E-state index is 10.8. The summed E-state index contributed by atoms with van der Waals surface area (Å²) in [7, 11) is 0. The molecule has 0 radical (unpaired) electrons. The first-order chi connectivity index (χ1) is 7.91. The Morgan fingerprint density at radius 1 is 1.47 bits per heavy atom. The van der Waals surface area contributed by atoms with Gasteiger partial charge in [-0.05, 0) is 26.3 Å². The molecule has 5 heteroatoms. The van der Waals surface area contributed by atoms with Gasteiger partial charge in [-0.3, -0.25) is 10.1 Å². The Morgan fingerprint density at radius 2 is 2.12 bits per heavy atom. The van der Waals surface area contributed by atoms with Crippen molar-refractivity contribution in [3.05, 3.63) is 39.4 Å². The third-order valence-corrected chi connectivity index (χ3v) is 2.65. The van der Waals surface area contributed by atoms with E-state index < -0.39 is 6.10 Å². The number of nitrogens with zero attached hydrogens (tertiary/aromatic N) is 1. The molecule has 2 atom stereocenters. The van der Waals surface area contributed by atoms with Crippen LogP contribution in [0.25, 0.3) is 0 Å². The summed E-state index contributed by atoms with van der Waals surface area (Å²) in [5.41, 5.74) is 1.64. The van der Waals surface area contributed by atoms with Gasteiger partial charge in [-0.25, -0.2) is 0 Å². The number of hydrogen-bond donors (Lipinski definition) is 2. The highest BCUT2D eigenvalue weighted by Crippen LogP contribution is 2.23. The highest BCUT2D eigenvalue weighted by atomic mass is 16.6. The summed E-state index contributed by atoms with van der Waals surface area (Å²) < 4.78 is 0. The van der Waals surface area contributed by atoms with E-state index in [-0.39, 0.29) is 16.7 Å². The minimum Gasteiger partial charge on any atom is -0.392 e. The summed E-state index contributed by atoms with van der Waals surface area (Å²) in [4.78, 5) is 10.4. The molecule has 2 N–H and O–H groups in total. The Hall–Kier alpha value is -1.46. The molecule has 0 amide bonds. The van der Waals surface area contributed by atoms with Crippen molar-refractivity contribution < 1.29 is 10.0 Å². The van der Waals surface area contributed by atoms with Crippen LogP contribution in [0.4, 0.5) is 5.69 Å². The lowest BCUT2D eigenvalue weighted by molar-refractivity contribution is -0.385. The van der Waals surface area contributed by atoms with Gasteiger partial charge in [0, 0.05) is 24.2 Å². The number of aryl methyl sites for hydroxylation is 1. The van der Waals surface area contributed by atoms with E-state index in [2.05, 4.69) is 5.32 Å². The lowest BCUT2D eigenvalue weighted by Gasteiger charge is -2.15. The molecule has 0 heterocycles. The second-order valence-electron chi connectivity index (χ2n) is 4.28. The fourth-order valence-electron chi connectivity index (χ4n) is 1.56. The molecule has 1 rings (SSSR count). The summed E-state index contributed by atoms with van der Waals surface area (Å²) >= 11 is 0. The Morgan fingerprint density at radius 3 is 2.65 bits per heavy atom. The number of aliphatic hydroxyl groups excluding tert-OH is 1. The average Bonchev–Trinajstić information content (AvgIpc) is 2.26. The minimum atomic E-state index is -0.433.